The third-order valence-corrected chi connectivity index (χ3v) is 2.89. The van der Waals surface area contributed by atoms with Crippen LogP contribution in [0.4, 0.5) is 0 Å². The number of benzene rings is 2. The summed E-state index contributed by atoms with van der Waals surface area (Å²) in [6, 6.07) is 9.63. The molecule has 0 saturated carbocycles. The Kier molecular flexibility index (Phi) is 3.90. The number of hydrogen-bond donors (Lipinski definition) is 0. The van der Waals surface area contributed by atoms with Gasteiger partial charge in [0.25, 0.3) is 0 Å². The molecule has 2 aromatic rings. The van der Waals surface area contributed by atoms with Gasteiger partial charge >= 0.3 is 5.97 Å². The summed E-state index contributed by atoms with van der Waals surface area (Å²) in [6.45, 7) is 1.55. The molecule has 0 unspecified atom stereocenters. The Bertz CT molecular complexity index is 604. The molecule has 0 N–H and O–H groups in total. The molecular formula is C15H16O4. The lowest BCUT2D eigenvalue weighted by atomic mass is 10.0. The molecule has 100 valence electrons. The maximum absolute atomic E-state index is 10.9. The van der Waals surface area contributed by atoms with Gasteiger partial charge in [-0.15, -0.1) is 0 Å². The van der Waals surface area contributed by atoms with Crippen molar-refractivity contribution in [1.82, 2.24) is 0 Å². The highest BCUT2D eigenvalue weighted by Crippen LogP contribution is 2.36. The number of carbonyl (C=O) groups excluding carboxylic acids is 1. The highest BCUT2D eigenvalue weighted by atomic mass is 16.5. The first-order valence-corrected chi connectivity index (χ1v) is 5.93. The van der Waals surface area contributed by atoms with Gasteiger partial charge in [0.05, 0.1) is 14.2 Å². The molecule has 4 nitrogen and oxygen atoms in total. The molecule has 2 aromatic carbocycles. The van der Waals surface area contributed by atoms with E-state index in [2.05, 4.69) is 0 Å². The van der Waals surface area contributed by atoms with E-state index in [0.29, 0.717) is 5.75 Å². The van der Waals surface area contributed by atoms with Gasteiger partial charge in [-0.3, -0.25) is 4.79 Å². The third-order valence-electron chi connectivity index (χ3n) is 2.89. The Morgan fingerprint density at radius 2 is 1.79 bits per heavy atom. The minimum atomic E-state index is -0.325. The van der Waals surface area contributed by atoms with Gasteiger partial charge in [-0.05, 0) is 6.07 Å². The van der Waals surface area contributed by atoms with Crippen LogP contribution in [0.3, 0.4) is 0 Å². The maximum Gasteiger partial charge on any atom is 0.302 e. The lowest BCUT2D eigenvalue weighted by molar-refractivity contribution is -0.142. The van der Waals surface area contributed by atoms with Crippen LogP contribution < -0.4 is 9.47 Å². The molecule has 0 fully saturated rings. The normalized spacial score (nSPS) is 10.3. The topological polar surface area (TPSA) is 44.8 Å². The predicted molar refractivity (Wildman–Crippen MR) is 72.5 cm³/mol. The number of carbonyl (C=O) groups is 1. The number of fused-ring (bicyclic) bond motifs is 1. The predicted octanol–water partition coefficient (Wildman–Crippen LogP) is 2.92. The van der Waals surface area contributed by atoms with Gasteiger partial charge in [-0.25, -0.2) is 0 Å². The molecule has 19 heavy (non-hydrogen) atoms. The molecule has 0 amide bonds. The van der Waals surface area contributed by atoms with Gasteiger partial charge in [-0.2, -0.15) is 0 Å². The highest BCUT2D eigenvalue weighted by Gasteiger charge is 2.13. The lowest BCUT2D eigenvalue weighted by Gasteiger charge is -2.14. The van der Waals surface area contributed by atoms with Crippen LogP contribution in [0.15, 0.2) is 30.3 Å². The van der Waals surface area contributed by atoms with Gasteiger partial charge in [0.15, 0.2) is 0 Å². The van der Waals surface area contributed by atoms with Crippen LogP contribution in [-0.2, 0) is 16.1 Å². The lowest BCUT2D eigenvalue weighted by Crippen LogP contribution is -2.02. The second kappa shape index (κ2) is 5.61. The molecule has 0 heterocycles. The Hall–Kier alpha value is -2.23. The molecule has 0 saturated heterocycles. The quantitative estimate of drug-likeness (QED) is 0.793. The van der Waals surface area contributed by atoms with Gasteiger partial charge in [0.1, 0.15) is 18.1 Å². The van der Waals surface area contributed by atoms with Crippen LogP contribution in [0.25, 0.3) is 10.8 Å². The van der Waals surface area contributed by atoms with Crippen molar-refractivity contribution in [3.05, 3.63) is 35.9 Å². The number of esters is 1. The summed E-state index contributed by atoms with van der Waals surface area (Å²) in [5, 5.41) is 1.90. The van der Waals surface area contributed by atoms with E-state index in [4.69, 9.17) is 14.2 Å². The number of hydrogen-bond acceptors (Lipinski definition) is 4. The van der Waals surface area contributed by atoms with Crippen molar-refractivity contribution in [3.8, 4) is 11.5 Å². The average Bonchev–Trinajstić information content (AvgIpc) is 2.43. The summed E-state index contributed by atoms with van der Waals surface area (Å²) in [6.07, 6.45) is 0. The number of methoxy groups -OCH3 is 2. The largest absolute Gasteiger partial charge is 0.496 e. The van der Waals surface area contributed by atoms with Crippen molar-refractivity contribution < 1.29 is 19.0 Å². The van der Waals surface area contributed by atoms with Crippen molar-refractivity contribution in [2.75, 3.05) is 14.2 Å². The van der Waals surface area contributed by atoms with Crippen LogP contribution in [0, 0.1) is 0 Å². The number of rotatable bonds is 4. The van der Waals surface area contributed by atoms with Crippen LogP contribution >= 0.6 is 0 Å². The molecule has 0 aliphatic rings. The average molecular weight is 260 g/mol. The fraction of sp³-hybridized carbons (Fsp3) is 0.267. The molecule has 2 rings (SSSR count). The highest BCUT2D eigenvalue weighted by molar-refractivity contribution is 5.94. The van der Waals surface area contributed by atoms with Crippen molar-refractivity contribution in [1.29, 1.82) is 0 Å². The van der Waals surface area contributed by atoms with E-state index in [1.807, 2.05) is 30.3 Å². The SMILES string of the molecule is COc1cc(COC(C)=O)c(OC)c2ccccc12. The van der Waals surface area contributed by atoms with E-state index in [-0.39, 0.29) is 12.6 Å². The molecule has 0 aliphatic heterocycles. The fourth-order valence-corrected chi connectivity index (χ4v) is 2.07. The first-order valence-electron chi connectivity index (χ1n) is 5.93. The Balaban J connectivity index is 2.59. The van der Waals surface area contributed by atoms with Crippen molar-refractivity contribution >= 4 is 16.7 Å². The summed E-state index contributed by atoms with van der Waals surface area (Å²) >= 11 is 0. The van der Waals surface area contributed by atoms with E-state index in [1.165, 1.54) is 6.92 Å². The third kappa shape index (κ3) is 2.62. The first kappa shape index (κ1) is 13.2. The van der Waals surface area contributed by atoms with Crippen LogP contribution in [0.2, 0.25) is 0 Å². The Labute approximate surface area is 111 Å². The summed E-state index contributed by atoms with van der Waals surface area (Å²) in [5.41, 5.74) is 0.785. The summed E-state index contributed by atoms with van der Waals surface area (Å²) < 4.78 is 15.9. The van der Waals surface area contributed by atoms with Gasteiger partial charge in [0.2, 0.25) is 0 Å². The standard InChI is InChI=1S/C15H16O4/c1-10(16)19-9-11-8-14(17-2)12-6-4-5-7-13(12)15(11)18-3/h4-8H,9H2,1-3H3. The molecule has 0 atom stereocenters. The van der Waals surface area contributed by atoms with Gasteiger partial charge in [0, 0.05) is 23.3 Å². The van der Waals surface area contributed by atoms with Crippen LogP contribution in [0.1, 0.15) is 12.5 Å². The minimum Gasteiger partial charge on any atom is -0.496 e. The molecule has 0 bridgehead atoms. The van der Waals surface area contributed by atoms with Crippen molar-refractivity contribution in [3.63, 3.8) is 0 Å². The van der Waals surface area contributed by atoms with Crippen LogP contribution in [0.5, 0.6) is 11.5 Å². The van der Waals surface area contributed by atoms with E-state index >= 15 is 0 Å². The zero-order valence-corrected chi connectivity index (χ0v) is 11.2. The first-order chi connectivity index (χ1) is 9.17. The molecule has 0 radical (unpaired) electrons. The molecule has 0 aliphatic carbocycles. The molecule has 4 heteroatoms. The van der Waals surface area contributed by atoms with Crippen LogP contribution in [-0.4, -0.2) is 20.2 Å². The van der Waals surface area contributed by atoms with Gasteiger partial charge < -0.3 is 14.2 Å². The van der Waals surface area contributed by atoms with Crippen molar-refractivity contribution in [2.45, 2.75) is 13.5 Å². The van der Waals surface area contributed by atoms with E-state index in [9.17, 15) is 4.79 Å². The van der Waals surface area contributed by atoms with E-state index in [1.54, 1.807) is 14.2 Å². The molecular weight excluding hydrogens is 244 g/mol. The second-order valence-corrected chi connectivity index (χ2v) is 4.10. The maximum atomic E-state index is 10.9. The minimum absolute atomic E-state index is 0.166. The van der Waals surface area contributed by atoms with Crippen molar-refractivity contribution in [2.24, 2.45) is 0 Å². The zero-order chi connectivity index (χ0) is 13.8. The summed E-state index contributed by atoms with van der Waals surface area (Å²) in [7, 11) is 3.22. The monoisotopic (exact) mass is 260 g/mol. The zero-order valence-electron chi connectivity index (χ0n) is 11.2. The summed E-state index contributed by atoms with van der Waals surface area (Å²) in [4.78, 5) is 10.9. The summed E-state index contributed by atoms with van der Waals surface area (Å²) in [5.74, 6) is 1.12. The second-order valence-electron chi connectivity index (χ2n) is 4.10. The fourth-order valence-electron chi connectivity index (χ4n) is 2.07. The molecule has 0 spiro atoms. The number of ether oxygens (including phenoxy) is 3. The Morgan fingerprint density at radius 1 is 1.11 bits per heavy atom. The molecule has 0 aromatic heterocycles. The Morgan fingerprint density at radius 3 is 2.37 bits per heavy atom. The van der Waals surface area contributed by atoms with Gasteiger partial charge in [-0.1, -0.05) is 24.3 Å². The smallest absolute Gasteiger partial charge is 0.302 e. The van der Waals surface area contributed by atoms with E-state index < -0.39 is 0 Å². The van der Waals surface area contributed by atoms with E-state index in [0.717, 1.165) is 22.1 Å².